The number of fused-ring (bicyclic) bond motifs is 2. The molecule has 4 rings (SSSR count). The lowest BCUT2D eigenvalue weighted by Crippen LogP contribution is -2.11. The van der Waals surface area contributed by atoms with Gasteiger partial charge >= 0.3 is 5.63 Å². The smallest absolute Gasteiger partial charge is 0.336 e. The number of rotatable bonds is 4. The maximum absolute atomic E-state index is 11.2. The van der Waals surface area contributed by atoms with Crippen LogP contribution in [-0.2, 0) is 0 Å². The van der Waals surface area contributed by atoms with Crippen LogP contribution in [0.4, 0.5) is 5.82 Å². The lowest BCUT2D eigenvalue weighted by molar-refractivity contribution is 0.0996. The molecule has 0 aliphatic rings. The van der Waals surface area contributed by atoms with Crippen molar-refractivity contribution in [3.8, 4) is 5.75 Å². The number of aromatic amines is 1. The van der Waals surface area contributed by atoms with Crippen LogP contribution >= 0.6 is 0 Å². The SMILES string of the molecule is CN(C)/N=N/c1[nH]cnc1C(N)=O.COc1c2occc2cc2ccc(=O)oc12. The molecule has 0 bridgehead atoms. The van der Waals surface area contributed by atoms with Gasteiger partial charge in [-0.15, -0.1) is 5.11 Å². The Bertz CT molecular complexity index is 1240. The molecule has 0 unspecified atom stereocenters. The predicted octanol–water partition coefficient (Wildman–Crippen LogP) is 2.62. The number of carbonyl (C=O) groups is 1. The first kappa shape index (κ1) is 19.6. The number of H-pyrrole nitrogens is 1. The second-order valence-corrected chi connectivity index (χ2v) is 5.92. The molecule has 4 aromatic rings. The number of nitrogens with two attached hydrogens (primary N) is 1. The third-order valence-electron chi connectivity index (χ3n) is 3.66. The van der Waals surface area contributed by atoms with E-state index in [9.17, 15) is 9.59 Å². The molecule has 11 nitrogen and oxygen atoms in total. The number of primary amides is 1. The number of nitrogens with zero attached hydrogens (tertiary/aromatic N) is 4. The van der Waals surface area contributed by atoms with Gasteiger partial charge in [-0.3, -0.25) is 9.80 Å². The minimum Gasteiger partial charge on any atom is -0.490 e. The van der Waals surface area contributed by atoms with Gasteiger partial charge in [0.05, 0.1) is 19.7 Å². The topological polar surface area (TPSA) is 152 Å². The Balaban J connectivity index is 0.000000170. The Labute approximate surface area is 163 Å². The van der Waals surface area contributed by atoms with E-state index in [1.165, 1.54) is 24.5 Å². The average Bonchev–Trinajstić information content (AvgIpc) is 3.34. The maximum atomic E-state index is 11.2. The van der Waals surface area contributed by atoms with Crippen LogP contribution < -0.4 is 16.1 Å². The molecule has 3 heterocycles. The molecule has 0 aliphatic heterocycles. The monoisotopic (exact) mass is 398 g/mol. The summed E-state index contributed by atoms with van der Waals surface area (Å²) in [5.41, 5.74) is 5.71. The molecule has 0 saturated heterocycles. The van der Waals surface area contributed by atoms with E-state index < -0.39 is 11.5 Å². The van der Waals surface area contributed by atoms with E-state index in [1.807, 2.05) is 12.1 Å². The number of hydrogen-bond donors (Lipinski definition) is 2. The Morgan fingerprint density at radius 1 is 1.24 bits per heavy atom. The first-order valence-corrected chi connectivity index (χ1v) is 8.31. The number of benzene rings is 1. The summed E-state index contributed by atoms with van der Waals surface area (Å²) in [5.74, 6) is 0.0883. The predicted molar refractivity (Wildman–Crippen MR) is 104 cm³/mol. The fourth-order valence-corrected chi connectivity index (χ4v) is 2.47. The first-order chi connectivity index (χ1) is 13.9. The molecule has 0 aliphatic carbocycles. The van der Waals surface area contributed by atoms with Gasteiger partial charge in [-0.1, -0.05) is 5.22 Å². The van der Waals surface area contributed by atoms with Gasteiger partial charge in [0.15, 0.2) is 22.7 Å². The summed E-state index contributed by atoms with van der Waals surface area (Å²) >= 11 is 0. The molecule has 3 N–H and O–H groups in total. The van der Waals surface area contributed by atoms with Gasteiger partial charge in [0.2, 0.25) is 5.75 Å². The molecule has 150 valence electrons. The van der Waals surface area contributed by atoms with Crippen molar-refractivity contribution in [3.05, 3.63) is 53.0 Å². The third-order valence-corrected chi connectivity index (χ3v) is 3.66. The second kappa shape index (κ2) is 8.25. The Morgan fingerprint density at radius 3 is 2.69 bits per heavy atom. The van der Waals surface area contributed by atoms with Crippen molar-refractivity contribution in [1.82, 2.24) is 15.0 Å². The number of hydrogen-bond acceptors (Lipinski definition) is 8. The van der Waals surface area contributed by atoms with Crippen molar-refractivity contribution >= 4 is 33.7 Å². The van der Waals surface area contributed by atoms with Crippen molar-refractivity contribution in [2.75, 3.05) is 21.2 Å². The molecule has 1 amide bonds. The number of methoxy groups -OCH3 is 1. The summed E-state index contributed by atoms with van der Waals surface area (Å²) in [6, 6.07) is 6.81. The van der Waals surface area contributed by atoms with E-state index in [0.717, 1.165) is 10.8 Å². The van der Waals surface area contributed by atoms with Crippen molar-refractivity contribution in [3.63, 3.8) is 0 Å². The van der Waals surface area contributed by atoms with Crippen LogP contribution in [0.3, 0.4) is 0 Å². The lowest BCUT2D eigenvalue weighted by Gasteiger charge is -2.03. The van der Waals surface area contributed by atoms with E-state index in [2.05, 4.69) is 20.3 Å². The van der Waals surface area contributed by atoms with Crippen LogP contribution in [0.25, 0.3) is 21.9 Å². The van der Waals surface area contributed by atoms with Crippen molar-refractivity contribution in [1.29, 1.82) is 0 Å². The average molecular weight is 398 g/mol. The highest BCUT2D eigenvalue weighted by Crippen LogP contribution is 2.34. The fraction of sp³-hybridized carbons (Fsp3) is 0.167. The first-order valence-electron chi connectivity index (χ1n) is 8.31. The summed E-state index contributed by atoms with van der Waals surface area (Å²) in [7, 11) is 4.94. The molecule has 0 atom stereocenters. The van der Waals surface area contributed by atoms with Crippen molar-refractivity contribution in [2.45, 2.75) is 0 Å². The molecule has 0 fully saturated rings. The van der Waals surface area contributed by atoms with Gasteiger partial charge in [-0.05, 0) is 18.2 Å². The standard InChI is InChI=1S/C12H8O4.C6H10N6O/c1-14-12-10-8(4-5-15-10)6-7-2-3-9(13)16-11(7)12;1-12(2)11-10-6-4(5(7)13)8-3-9-6/h2-6H,1H3;3H,1-2H3,(H2,7,13)(H,8,9)/b;11-10+. The molecule has 11 heteroatoms. The van der Waals surface area contributed by atoms with Crippen LogP contribution in [0.2, 0.25) is 0 Å². The van der Waals surface area contributed by atoms with Gasteiger partial charge in [-0.2, -0.15) is 0 Å². The van der Waals surface area contributed by atoms with Crippen molar-refractivity contribution in [2.24, 2.45) is 16.1 Å². The third kappa shape index (κ3) is 4.24. The van der Waals surface area contributed by atoms with Gasteiger partial charge in [0.1, 0.15) is 0 Å². The minimum absolute atomic E-state index is 0.0885. The zero-order valence-electron chi connectivity index (χ0n) is 15.9. The van der Waals surface area contributed by atoms with E-state index in [4.69, 9.17) is 19.3 Å². The fourth-order valence-electron chi connectivity index (χ4n) is 2.47. The van der Waals surface area contributed by atoms with Crippen LogP contribution in [0.5, 0.6) is 5.75 Å². The Kier molecular flexibility index (Phi) is 5.58. The number of furan rings is 1. The quantitative estimate of drug-likeness (QED) is 0.304. The normalized spacial score (nSPS) is 10.9. The van der Waals surface area contributed by atoms with E-state index in [1.54, 1.807) is 26.4 Å². The molecule has 29 heavy (non-hydrogen) atoms. The van der Waals surface area contributed by atoms with E-state index in [0.29, 0.717) is 16.9 Å². The van der Waals surface area contributed by atoms with Crippen LogP contribution in [-0.4, -0.2) is 42.1 Å². The summed E-state index contributed by atoms with van der Waals surface area (Å²) < 4.78 is 15.6. The zero-order chi connectivity index (χ0) is 21.0. The van der Waals surface area contributed by atoms with E-state index >= 15 is 0 Å². The minimum atomic E-state index is -0.631. The molecule has 0 spiro atoms. The number of nitrogens with one attached hydrogen (secondary N) is 1. The van der Waals surface area contributed by atoms with Crippen LogP contribution in [0.15, 0.2) is 60.8 Å². The number of aromatic nitrogens is 2. The highest BCUT2D eigenvalue weighted by atomic mass is 16.5. The molecule has 0 saturated carbocycles. The molecule has 0 radical (unpaired) electrons. The molecular formula is C18H18N6O5. The zero-order valence-corrected chi connectivity index (χ0v) is 15.9. The lowest BCUT2D eigenvalue weighted by atomic mass is 10.1. The van der Waals surface area contributed by atoms with Gasteiger partial charge in [0.25, 0.3) is 5.91 Å². The summed E-state index contributed by atoms with van der Waals surface area (Å²) in [6.45, 7) is 0. The Hall–Kier alpha value is -4.15. The van der Waals surface area contributed by atoms with Gasteiger partial charge in [0, 0.05) is 30.9 Å². The molecule has 3 aromatic heterocycles. The number of amides is 1. The van der Waals surface area contributed by atoms with Gasteiger partial charge in [-0.25, -0.2) is 9.78 Å². The van der Waals surface area contributed by atoms with E-state index in [-0.39, 0.29) is 11.5 Å². The van der Waals surface area contributed by atoms with Gasteiger partial charge < -0.3 is 24.3 Å². The molecule has 1 aromatic carbocycles. The molecular weight excluding hydrogens is 380 g/mol. The second-order valence-electron chi connectivity index (χ2n) is 5.92. The van der Waals surface area contributed by atoms with Crippen molar-refractivity contribution < 1.29 is 18.4 Å². The largest absolute Gasteiger partial charge is 0.490 e. The highest BCUT2D eigenvalue weighted by molar-refractivity contribution is 5.99. The summed E-state index contributed by atoms with van der Waals surface area (Å²) in [6.07, 6.45) is 2.91. The van der Waals surface area contributed by atoms with Crippen LogP contribution in [0, 0.1) is 0 Å². The maximum Gasteiger partial charge on any atom is 0.336 e. The highest BCUT2D eigenvalue weighted by Gasteiger charge is 2.13. The summed E-state index contributed by atoms with van der Waals surface area (Å²) in [5, 5.41) is 10.6. The number of carbonyl (C=O) groups excluding carboxylic acids is 1. The number of imidazole rings is 1. The van der Waals surface area contributed by atoms with Crippen LogP contribution in [0.1, 0.15) is 10.5 Å². The number of ether oxygens (including phenoxy) is 1. The Morgan fingerprint density at radius 2 is 2.00 bits per heavy atom. The summed E-state index contributed by atoms with van der Waals surface area (Å²) in [4.78, 5) is 28.3.